The predicted molar refractivity (Wildman–Crippen MR) is 94.1 cm³/mol. The Morgan fingerprint density at radius 3 is 2.54 bits per heavy atom. The Morgan fingerprint density at radius 1 is 1.25 bits per heavy atom. The Morgan fingerprint density at radius 2 is 1.93 bits per heavy atom. The second-order valence-electron chi connectivity index (χ2n) is 6.03. The number of likely N-dealkylation sites (tertiary alicyclic amines) is 1. The van der Waals surface area contributed by atoms with Gasteiger partial charge in [-0.2, -0.15) is 13.2 Å². The van der Waals surface area contributed by atoms with E-state index < -0.39 is 26.8 Å². The molecule has 0 spiro atoms. The third-order valence-corrected chi connectivity index (χ3v) is 5.58. The van der Waals surface area contributed by atoms with Crippen molar-refractivity contribution in [2.45, 2.75) is 23.9 Å². The van der Waals surface area contributed by atoms with Gasteiger partial charge in [0, 0.05) is 25.5 Å². The number of hydrogen-bond acceptors (Lipinski definition) is 5. The van der Waals surface area contributed by atoms with Crippen molar-refractivity contribution in [2.24, 2.45) is 0 Å². The smallest absolute Gasteiger partial charge is 0.356 e. The average Bonchev–Trinajstić information content (AvgIpc) is 3.31. The summed E-state index contributed by atoms with van der Waals surface area (Å²) in [6.45, 7) is 1.22. The highest BCUT2D eigenvalue weighted by Crippen LogP contribution is 2.32. The molecule has 28 heavy (non-hydrogen) atoms. The molecular formula is C15H15ClF3N5O3S. The fourth-order valence-electron chi connectivity index (χ4n) is 2.60. The van der Waals surface area contributed by atoms with Crippen LogP contribution in [0.2, 0.25) is 5.02 Å². The van der Waals surface area contributed by atoms with Crippen LogP contribution < -0.4 is 10.3 Å². The fourth-order valence-corrected chi connectivity index (χ4v) is 3.65. The highest BCUT2D eigenvalue weighted by molar-refractivity contribution is 7.89. The number of pyridine rings is 1. The van der Waals surface area contributed by atoms with Gasteiger partial charge in [0.05, 0.1) is 10.6 Å². The first-order valence-corrected chi connectivity index (χ1v) is 9.92. The van der Waals surface area contributed by atoms with E-state index in [-0.39, 0.29) is 22.3 Å². The molecule has 0 radical (unpaired) electrons. The Bertz CT molecular complexity index is 987. The molecule has 2 aromatic rings. The molecule has 0 aliphatic carbocycles. The lowest BCUT2D eigenvalue weighted by atomic mass is 10.3. The molecule has 1 amide bonds. The molecule has 3 N–H and O–H groups in total. The lowest BCUT2D eigenvalue weighted by Crippen LogP contribution is -2.30. The molecule has 3 rings (SSSR count). The minimum Gasteiger partial charge on any atom is -0.356 e. The maximum atomic E-state index is 12.6. The van der Waals surface area contributed by atoms with Gasteiger partial charge in [0.1, 0.15) is 10.6 Å². The van der Waals surface area contributed by atoms with Crippen LogP contribution >= 0.6 is 11.6 Å². The summed E-state index contributed by atoms with van der Waals surface area (Å²) < 4.78 is 62.5. The fraction of sp³-hybridized carbons (Fsp3) is 0.333. The number of nitrogens with zero attached hydrogens (tertiary/aromatic N) is 2. The number of carbonyl (C=O) groups excluding carboxylic acids is 1. The van der Waals surface area contributed by atoms with Crippen molar-refractivity contribution < 1.29 is 26.4 Å². The van der Waals surface area contributed by atoms with E-state index in [4.69, 9.17) is 11.6 Å². The highest BCUT2D eigenvalue weighted by Gasteiger charge is 2.31. The third-order valence-electron chi connectivity index (χ3n) is 4.06. The van der Waals surface area contributed by atoms with E-state index in [1.807, 2.05) is 4.83 Å². The Labute approximate surface area is 163 Å². The molecule has 3 heterocycles. The molecule has 2 aromatic heterocycles. The molecule has 0 atom stereocenters. The summed E-state index contributed by atoms with van der Waals surface area (Å²) in [5.41, 5.74) is 1.22. The summed E-state index contributed by atoms with van der Waals surface area (Å²) in [5.74, 6) is -0.610. The summed E-state index contributed by atoms with van der Waals surface area (Å²) in [6, 6.07) is 1.79. The summed E-state index contributed by atoms with van der Waals surface area (Å²) in [4.78, 5) is 21.7. The van der Waals surface area contributed by atoms with Crippen LogP contribution in [0.1, 0.15) is 28.9 Å². The van der Waals surface area contributed by atoms with Crippen LogP contribution in [0.4, 0.5) is 19.0 Å². The number of hydrazine groups is 1. The molecule has 0 bridgehead atoms. The van der Waals surface area contributed by atoms with E-state index in [1.54, 1.807) is 4.90 Å². The summed E-state index contributed by atoms with van der Waals surface area (Å²) in [6.07, 6.45) is -1.19. The van der Waals surface area contributed by atoms with Crippen LogP contribution in [0.25, 0.3) is 0 Å². The molecule has 1 saturated heterocycles. The van der Waals surface area contributed by atoms with E-state index in [0.29, 0.717) is 25.4 Å². The summed E-state index contributed by atoms with van der Waals surface area (Å²) in [7, 11) is -4.13. The van der Waals surface area contributed by atoms with Crippen molar-refractivity contribution in [2.75, 3.05) is 18.5 Å². The maximum Gasteiger partial charge on any atom is 0.417 e. The van der Waals surface area contributed by atoms with Gasteiger partial charge in [0.2, 0.25) is 0 Å². The quantitative estimate of drug-likeness (QED) is 0.623. The second-order valence-corrected chi connectivity index (χ2v) is 8.12. The molecule has 0 unspecified atom stereocenters. The number of nitrogens with one attached hydrogen (secondary N) is 3. The van der Waals surface area contributed by atoms with Crippen molar-refractivity contribution >= 4 is 33.3 Å². The number of aromatic amines is 1. The number of halogens is 4. The van der Waals surface area contributed by atoms with Crippen molar-refractivity contribution in [1.29, 1.82) is 0 Å². The van der Waals surface area contributed by atoms with Crippen molar-refractivity contribution in [3.63, 3.8) is 0 Å². The molecule has 8 nitrogen and oxygen atoms in total. The molecule has 152 valence electrons. The van der Waals surface area contributed by atoms with E-state index in [1.165, 1.54) is 6.07 Å². The van der Waals surface area contributed by atoms with Gasteiger partial charge in [0.15, 0.2) is 5.82 Å². The largest absolute Gasteiger partial charge is 0.417 e. The number of carbonyl (C=O) groups is 1. The van der Waals surface area contributed by atoms with Gasteiger partial charge in [-0.3, -0.25) is 10.2 Å². The zero-order chi connectivity index (χ0) is 20.5. The van der Waals surface area contributed by atoms with E-state index >= 15 is 0 Å². The molecule has 1 aliphatic rings. The van der Waals surface area contributed by atoms with Crippen LogP contribution in [0.5, 0.6) is 0 Å². The van der Waals surface area contributed by atoms with E-state index in [9.17, 15) is 26.4 Å². The van der Waals surface area contributed by atoms with Crippen LogP contribution in [-0.4, -0.2) is 42.3 Å². The van der Waals surface area contributed by atoms with Crippen molar-refractivity contribution in [3.05, 3.63) is 40.8 Å². The molecule has 0 aromatic carbocycles. The number of amides is 1. The number of sulfonamides is 1. The molecule has 0 saturated carbocycles. The summed E-state index contributed by atoms with van der Waals surface area (Å²) >= 11 is 5.71. The van der Waals surface area contributed by atoms with Gasteiger partial charge in [-0.1, -0.05) is 11.6 Å². The van der Waals surface area contributed by atoms with Crippen LogP contribution in [0.15, 0.2) is 29.4 Å². The van der Waals surface area contributed by atoms with Gasteiger partial charge >= 0.3 is 6.18 Å². The van der Waals surface area contributed by atoms with E-state index in [2.05, 4.69) is 15.4 Å². The second kappa shape index (κ2) is 7.60. The lowest BCUT2D eigenvalue weighted by molar-refractivity contribution is -0.137. The first-order chi connectivity index (χ1) is 13.1. The third kappa shape index (κ3) is 4.39. The zero-order valence-corrected chi connectivity index (χ0v) is 15.7. The maximum absolute atomic E-state index is 12.6. The number of hydrogen-bond donors (Lipinski definition) is 3. The van der Waals surface area contributed by atoms with Crippen LogP contribution in [0.3, 0.4) is 0 Å². The topological polar surface area (TPSA) is 107 Å². The SMILES string of the molecule is O=C(c1cc(S(=O)(=O)NNc2ncc(C(F)(F)F)cc2Cl)c[nH]1)N1CCCC1. The van der Waals surface area contributed by atoms with Crippen molar-refractivity contribution in [1.82, 2.24) is 19.7 Å². The molecular weight excluding hydrogens is 423 g/mol. The molecule has 1 fully saturated rings. The zero-order valence-electron chi connectivity index (χ0n) is 14.2. The van der Waals surface area contributed by atoms with Gasteiger partial charge in [0.25, 0.3) is 15.9 Å². The van der Waals surface area contributed by atoms with Gasteiger partial charge in [-0.15, -0.1) is 4.83 Å². The number of alkyl halides is 3. The minimum atomic E-state index is -4.63. The first kappa shape index (κ1) is 20.4. The molecule has 1 aliphatic heterocycles. The van der Waals surface area contributed by atoms with Gasteiger partial charge < -0.3 is 9.88 Å². The molecule has 13 heteroatoms. The Hall–Kier alpha value is -2.31. The standard InChI is InChI=1S/C15H15ClF3N5O3S/c16-11-5-9(15(17,18)19)7-21-13(11)22-23-28(26,27)10-6-12(20-8-10)14(25)24-3-1-2-4-24/h5-8,20,23H,1-4H2,(H,21,22). The normalized spacial score (nSPS) is 15.1. The predicted octanol–water partition coefficient (Wildman–Crippen LogP) is 2.62. The van der Waals surface area contributed by atoms with Crippen LogP contribution in [-0.2, 0) is 16.2 Å². The van der Waals surface area contributed by atoms with Crippen molar-refractivity contribution in [3.8, 4) is 0 Å². The summed E-state index contributed by atoms with van der Waals surface area (Å²) in [5, 5.41) is -0.420. The average molecular weight is 438 g/mol. The van der Waals surface area contributed by atoms with Gasteiger partial charge in [-0.25, -0.2) is 13.4 Å². The lowest BCUT2D eigenvalue weighted by Gasteiger charge is -2.13. The number of aromatic nitrogens is 2. The number of H-pyrrole nitrogens is 1. The van der Waals surface area contributed by atoms with Crippen LogP contribution in [0, 0.1) is 0 Å². The van der Waals surface area contributed by atoms with Gasteiger partial charge in [-0.05, 0) is 25.0 Å². The Balaban J connectivity index is 1.70. The first-order valence-electron chi connectivity index (χ1n) is 8.06. The number of rotatable bonds is 5. The minimum absolute atomic E-state index is 0.118. The number of anilines is 1. The monoisotopic (exact) mass is 437 g/mol. The highest BCUT2D eigenvalue weighted by atomic mass is 35.5. The van der Waals surface area contributed by atoms with E-state index in [0.717, 1.165) is 19.0 Å². The Kier molecular flexibility index (Phi) is 5.55.